The minimum absolute atomic E-state index is 0.277. The highest BCUT2D eigenvalue weighted by atomic mass is 16.3. The van der Waals surface area contributed by atoms with Crippen molar-refractivity contribution in [1.82, 2.24) is 14.9 Å². The average molecular weight is 335 g/mol. The topological polar surface area (TPSA) is 52.1 Å². The summed E-state index contributed by atoms with van der Waals surface area (Å²) in [4.78, 5) is 10.4. The maximum Gasteiger partial charge on any atom is 0.121 e. The van der Waals surface area contributed by atoms with Gasteiger partial charge in [0.1, 0.15) is 11.6 Å². The lowest BCUT2D eigenvalue weighted by molar-refractivity contribution is 0.174. The number of rotatable bonds is 4. The van der Waals surface area contributed by atoms with Crippen LogP contribution in [-0.4, -0.2) is 33.1 Å². The van der Waals surface area contributed by atoms with E-state index in [9.17, 15) is 5.11 Å². The van der Waals surface area contributed by atoms with Crippen molar-refractivity contribution in [3.05, 3.63) is 59.4 Å². The van der Waals surface area contributed by atoms with Gasteiger partial charge < -0.3 is 10.1 Å². The van der Waals surface area contributed by atoms with Gasteiger partial charge in [-0.2, -0.15) is 0 Å². The number of aromatic amines is 1. The predicted octanol–water partition coefficient (Wildman–Crippen LogP) is 4.03. The lowest BCUT2D eigenvalue weighted by atomic mass is 9.90. The number of piperidine rings is 1. The lowest BCUT2D eigenvalue weighted by Crippen LogP contribution is -2.34. The lowest BCUT2D eigenvalue weighted by Gasteiger charge is -2.31. The molecule has 1 aliphatic heterocycles. The third-order valence-electron chi connectivity index (χ3n) is 5.24. The maximum atomic E-state index is 9.57. The van der Waals surface area contributed by atoms with Crippen molar-refractivity contribution in [2.45, 2.75) is 32.7 Å². The molecule has 0 saturated carbocycles. The van der Waals surface area contributed by atoms with Gasteiger partial charge in [0.25, 0.3) is 0 Å². The number of fused-ring (bicyclic) bond motifs is 1. The molecule has 3 aromatic rings. The van der Waals surface area contributed by atoms with Crippen LogP contribution >= 0.6 is 0 Å². The van der Waals surface area contributed by atoms with Crippen molar-refractivity contribution in [2.24, 2.45) is 5.92 Å². The summed E-state index contributed by atoms with van der Waals surface area (Å²) in [6.45, 7) is 5.24. The summed E-state index contributed by atoms with van der Waals surface area (Å²) < 4.78 is 0. The van der Waals surface area contributed by atoms with E-state index in [4.69, 9.17) is 0 Å². The summed E-state index contributed by atoms with van der Waals surface area (Å²) in [7, 11) is 0. The van der Waals surface area contributed by atoms with E-state index >= 15 is 0 Å². The van der Waals surface area contributed by atoms with Crippen molar-refractivity contribution in [3.8, 4) is 5.75 Å². The first kappa shape index (κ1) is 16.2. The molecule has 130 valence electrons. The summed E-state index contributed by atoms with van der Waals surface area (Å²) in [5, 5.41) is 9.57. The first-order chi connectivity index (χ1) is 12.2. The summed E-state index contributed by atoms with van der Waals surface area (Å²) in [5.74, 6) is 2.05. The highest BCUT2D eigenvalue weighted by Gasteiger charge is 2.20. The van der Waals surface area contributed by atoms with Crippen LogP contribution in [0.5, 0.6) is 5.75 Å². The normalized spacial score (nSPS) is 16.5. The average Bonchev–Trinajstić information content (AvgIpc) is 3.00. The van der Waals surface area contributed by atoms with Crippen molar-refractivity contribution in [2.75, 3.05) is 13.1 Å². The minimum atomic E-state index is 0.277. The molecule has 25 heavy (non-hydrogen) atoms. The number of likely N-dealkylation sites (tertiary alicyclic amines) is 1. The van der Waals surface area contributed by atoms with Gasteiger partial charge in [-0.25, -0.2) is 4.98 Å². The van der Waals surface area contributed by atoms with Crippen LogP contribution in [0.15, 0.2) is 42.5 Å². The second-order valence-electron chi connectivity index (χ2n) is 7.29. The third-order valence-corrected chi connectivity index (χ3v) is 5.24. The van der Waals surface area contributed by atoms with Gasteiger partial charge >= 0.3 is 0 Å². The fourth-order valence-corrected chi connectivity index (χ4v) is 3.74. The number of aryl methyl sites for hydroxylation is 1. The predicted molar refractivity (Wildman–Crippen MR) is 101 cm³/mol. The zero-order valence-corrected chi connectivity index (χ0v) is 14.7. The molecule has 0 amide bonds. The molecule has 1 aliphatic rings. The van der Waals surface area contributed by atoms with Crippen molar-refractivity contribution in [3.63, 3.8) is 0 Å². The Kier molecular flexibility index (Phi) is 4.45. The zero-order valence-electron chi connectivity index (χ0n) is 14.7. The van der Waals surface area contributed by atoms with Gasteiger partial charge in [-0.05, 0) is 62.9 Å². The number of phenolic OH excluding ortho intramolecular Hbond substituents is 1. The second kappa shape index (κ2) is 6.89. The number of imidazole rings is 1. The Balaban J connectivity index is 1.32. The van der Waals surface area contributed by atoms with Crippen LogP contribution in [0.3, 0.4) is 0 Å². The van der Waals surface area contributed by atoms with Crippen LogP contribution < -0.4 is 0 Å². The van der Waals surface area contributed by atoms with Gasteiger partial charge in [0.15, 0.2) is 0 Å². The number of benzene rings is 2. The Morgan fingerprint density at radius 3 is 2.64 bits per heavy atom. The number of aromatic hydroxyl groups is 1. The van der Waals surface area contributed by atoms with Gasteiger partial charge in [-0.3, -0.25) is 4.90 Å². The number of nitrogens with zero attached hydrogens (tertiary/aromatic N) is 2. The van der Waals surface area contributed by atoms with Gasteiger partial charge in [-0.15, -0.1) is 0 Å². The van der Waals surface area contributed by atoms with Gasteiger partial charge in [-0.1, -0.05) is 29.8 Å². The molecule has 4 nitrogen and oxygen atoms in total. The largest absolute Gasteiger partial charge is 0.508 e. The number of phenols is 1. The summed E-state index contributed by atoms with van der Waals surface area (Å²) in [5.41, 5.74) is 4.62. The Morgan fingerprint density at radius 1 is 1.12 bits per heavy atom. The Labute approximate surface area is 148 Å². The standard InChI is InChI=1S/C21H25N3O/c1-15-2-4-16(5-3-15)12-17-8-10-24(11-9-17)14-21-22-19-7-6-18(25)13-20(19)23-21/h2-7,13,17,25H,8-12,14H2,1H3,(H,22,23). The van der Waals surface area contributed by atoms with Crippen molar-refractivity contribution in [1.29, 1.82) is 0 Å². The Hall–Kier alpha value is -2.33. The van der Waals surface area contributed by atoms with E-state index in [2.05, 4.69) is 46.1 Å². The number of hydrogen-bond donors (Lipinski definition) is 2. The molecule has 2 aromatic carbocycles. The van der Waals surface area contributed by atoms with E-state index in [1.54, 1.807) is 12.1 Å². The summed E-state index contributed by atoms with van der Waals surface area (Å²) in [6.07, 6.45) is 3.68. The van der Waals surface area contributed by atoms with Crippen LogP contribution in [-0.2, 0) is 13.0 Å². The van der Waals surface area contributed by atoms with Crippen LogP contribution in [0, 0.1) is 12.8 Å². The molecule has 2 N–H and O–H groups in total. The smallest absolute Gasteiger partial charge is 0.121 e. The molecule has 0 bridgehead atoms. The number of nitrogens with one attached hydrogen (secondary N) is 1. The first-order valence-corrected chi connectivity index (χ1v) is 9.11. The highest BCUT2D eigenvalue weighted by Crippen LogP contribution is 2.24. The molecular formula is C21H25N3O. The molecule has 1 fully saturated rings. The highest BCUT2D eigenvalue weighted by molar-refractivity contribution is 5.76. The second-order valence-corrected chi connectivity index (χ2v) is 7.29. The molecule has 1 aromatic heterocycles. The molecule has 4 rings (SSSR count). The maximum absolute atomic E-state index is 9.57. The van der Waals surface area contributed by atoms with Crippen LogP contribution in [0.25, 0.3) is 11.0 Å². The quantitative estimate of drug-likeness (QED) is 0.757. The zero-order chi connectivity index (χ0) is 17.2. The molecule has 4 heteroatoms. The number of H-pyrrole nitrogens is 1. The van der Waals surface area contributed by atoms with Crippen LogP contribution in [0.4, 0.5) is 0 Å². The van der Waals surface area contributed by atoms with E-state index in [0.717, 1.165) is 42.4 Å². The SMILES string of the molecule is Cc1ccc(CC2CCN(Cc3nc4ccc(O)cc4[nH]3)CC2)cc1. The molecule has 0 atom stereocenters. The Bertz CT molecular complexity index is 845. The van der Waals surface area contributed by atoms with E-state index in [0.29, 0.717) is 0 Å². The van der Waals surface area contributed by atoms with E-state index in [-0.39, 0.29) is 5.75 Å². The fraction of sp³-hybridized carbons (Fsp3) is 0.381. The van der Waals surface area contributed by atoms with Gasteiger partial charge in [0, 0.05) is 6.07 Å². The molecule has 2 heterocycles. The summed E-state index contributed by atoms with van der Waals surface area (Å²) >= 11 is 0. The van der Waals surface area contributed by atoms with E-state index < -0.39 is 0 Å². The molecule has 0 aliphatic carbocycles. The van der Waals surface area contributed by atoms with E-state index in [1.807, 2.05) is 6.07 Å². The van der Waals surface area contributed by atoms with Crippen LogP contribution in [0.2, 0.25) is 0 Å². The molecule has 1 saturated heterocycles. The number of aromatic nitrogens is 2. The van der Waals surface area contributed by atoms with Crippen molar-refractivity contribution >= 4 is 11.0 Å². The molecule has 0 unspecified atom stereocenters. The molecule has 0 radical (unpaired) electrons. The minimum Gasteiger partial charge on any atom is -0.508 e. The third kappa shape index (κ3) is 3.85. The molecule has 0 spiro atoms. The Morgan fingerprint density at radius 2 is 1.88 bits per heavy atom. The molecular weight excluding hydrogens is 310 g/mol. The monoisotopic (exact) mass is 335 g/mol. The fourth-order valence-electron chi connectivity index (χ4n) is 3.74. The number of hydrogen-bond acceptors (Lipinski definition) is 3. The van der Waals surface area contributed by atoms with Crippen LogP contribution in [0.1, 0.15) is 29.8 Å². The first-order valence-electron chi connectivity index (χ1n) is 9.11. The summed E-state index contributed by atoms with van der Waals surface area (Å²) in [6, 6.07) is 14.2. The van der Waals surface area contributed by atoms with Gasteiger partial charge in [0.2, 0.25) is 0 Å². The van der Waals surface area contributed by atoms with Crippen molar-refractivity contribution < 1.29 is 5.11 Å². The van der Waals surface area contributed by atoms with E-state index in [1.165, 1.54) is 30.4 Å². The van der Waals surface area contributed by atoms with Gasteiger partial charge in [0.05, 0.1) is 17.6 Å².